The highest BCUT2D eigenvalue weighted by molar-refractivity contribution is 6.14. The van der Waals surface area contributed by atoms with Gasteiger partial charge in [0.15, 0.2) is 0 Å². The van der Waals surface area contributed by atoms with E-state index in [-0.39, 0.29) is 0 Å². The van der Waals surface area contributed by atoms with Crippen molar-refractivity contribution in [3.8, 4) is 34.0 Å². The first kappa shape index (κ1) is 22.4. The number of nitriles is 1. The highest BCUT2D eigenvalue weighted by Gasteiger charge is 2.17. The van der Waals surface area contributed by atoms with E-state index in [9.17, 15) is 5.26 Å². The number of rotatable bonds is 3. The zero-order valence-electron chi connectivity index (χ0n) is 21.5. The van der Waals surface area contributed by atoms with Crippen LogP contribution < -0.4 is 0 Å². The predicted molar refractivity (Wildman–Crippen MR) is 164 cm³/mol. The zero-order valence-corrected chi connectivity index (χ0v) is 21.5. The molecule has 0 saturated heterocycles. The summed E-state index contributed by atoms with van der Waals surface area (Å²) in [6.45, 7) is 0. The molecule has 0 N–H and O–H groups in total. The molecule has 8 aromatic rings. The van der Waals surface area contributed by atoms with Crippen LogP contribution in [0, 0.1) is 11.3 Å². The van der Waals surface area contributed by atoms with Crippen molar-refractivity contribution < 1.29 is 4.42 Å². The molecule has 0 bridgehead atoms. The summed E-state index contributed by atoms with van der Waals surface area (Å²) >= 11 is 0. The molecule has 0 radical (unpaired) electrons. The molecule has 40 heavy (non-hydrogen) atoms. The standard InChI is InChI=1S/C37H22N2O/c38-23-24-19-20-35-33(21-24)32-17-8-15-29(37(32)40-35)26-10-6-9-25(22-26)28-14-7-16-31-30-13-4-5-18-34(30)39(36(28)31)27-11-2-1-3-12-27/h1-22H. The fourth-order valence-corrected chi connectivity index (χ4v) is 6.05. The van der Waals surface area contributed by atoms with Crippen molar-refractivity contribution in [1.29, 1.82) is 5.26 Å². The van der Waals surface area contributed by atoms with Gasteiger partial charge >= 0.3 is 0 Å². The molecule has 3 nitrogen and oxygen atoms in total. The van der Waals surface area contributed by atoms with Crippen LogP contribution in [0.5, 0.6) is 0 Å². The number of hydrogen-bond donors (Lipinski definition) is 0. The summed E-state index contributed by atoms with van der Waals surface area (Å²) in [6, 6.07) is 48.5. The summed E-state index contributed by atoms with van der Waals surface area (Å²) in [4.78, 5) is 0. The van der Waals surface area contributed by atoms with Crippen molar-refractivity contribution in [3.63, 3.8) is 0 Å². The molecule has 6 aromatic carbocycles. The Hall–Kier alpha value is -5.59. The molecule has 0 saturated carbocycles. The molecular formula is C37H22N2O. The van der Waals surface area contributed by atoms with Gasteiger partial charge in [0.1, 0.15) is 11.2 Å². The third kappa shape index (κ3) is 3.30. The van der Waals surface area contributed by atoms with E-state index < -0.39 is 0 Å². The number of aromatic nitrogens is 1. The fraction of sp³-hybridized carbons (Fsp3) is 0. The first-order valence-electron chi connectivity index (χ1n) is 13.3. The first-order valence-corrected chi connectivity index (χ1v) is 13.3. The molecule has 3 heteroatoms. The Balaban J connectivity index is 1.38. The van der Waals surface area contributed by atoms with Gasteiger partial charge in [0.25, 0.3) is 0 Å². The third-order valence-corrected chi connectivity index (χ3v) is 7.82. The van der Waals surface area contributed by atoms with Crippen molar-refractivity contribution in [2.24, 2.45) is 0 Å². The third-order valence-electron chi connectivity index (χ3n) is 7.82. The van der Waals surface area contributed by atoms with Crippen molar-refractivity contribution in [3.05, 3.63) is 139 Å². The van der Waals surface area contributed by atoms with Crippen molar-refractivity contribution >= 4 is 43.7 Å². The van der Waals surface area contributed by atoms with Crippen LogP contribution in [-0.4, -0.2) is 4.57 Å². The maximum atomic E-state index is 9.41. The van der Waals surface area contributed by atoms with Crippen LogP contribution in [0.2, 0.25) is 0 Å². The van der Waals surface area contributed by atoms with Crippen molar-refractivity contribution in [2.75, 3.05) is 0 Å². The van der Waals surface area contributed by atoms with E-state index in [0.717, 1.165) is 44.3 Å². The van der Waals surface area contributed by atoms with Gasteiger partial charge in [-0.05, 0) is 53.6 Å². The lowest BCUT2D eigenvalue weighted by atomic mass is 9.96. The van der Waals surface area contributed by atoms with Gasteiger partial charge < -0.3 is 8.98 Å². The van der Waals surface area contributed by atoms with E-state index in [1.807, 2.05) is 12.1 Å². The van der Waals surface area contributed by atoms with E-state index >= 15 is 0 Å². The van der Waals surface area contributed by atoms with Gasteiger partial charge in [0, 0.05) is 38.4 Å². The Kier molecular flexibility index (Phi) is 4.89. The van der Waals surface area contributed by atoms with Crippen LogP contribution >= 0.6 is 0 Å². The van der Waals surface area contributed by atoms with Crippen LogP contribution in [-0.2, 0) is 0 Å². The maximum absolute atomic E-state index is 9.41. The largest absolute Gasteiger partial charge is 0.455 e. The normalized spacial score (nSPS) is 11.5. The molecule has 0 unspecified atom stereocenters. The monoisotopic (exact) mass is 510 g/mol. The lowest BCUT2D eigenvalue weighted by molar-refractivity contribution is 0.670. The molecule has 0 amide bonds. The minimum absolute atomic E-state index is 0.629. The first-order chi connectivity index (χ1) is 19.8. The number of hydrogen-bond acceptors (Lipinski definition) is 2. The topological polar surface area (TPSA) is 41.9 Å². The van der Waals surface area contributed by atoms with Crippen molar-refractivity contribution in [1.82, 2.24) is 4.57 Å². The van der Waals surface area contributed by atoms with Crippen LogP contribution in [0.25, 0.3) is 71.7 Å². The summed E-state index contributed by atoms with van der Waals surface area (Å²) in [5.74, 6) is 0. The lowest BCUT2D eigenvalue weighted by Crippen LogP contribution is -1.95. The quantitative estimate of drug-likeness (QED) is 0.237. The molecule has 186 valence electrons. The van der Waals surface area contributed by atoms with Gasteiger partial charge in [-0.3, -0.25) is 0 Å². The highest BCUT2D eigenvalue weighted by Crippen LogP contribution is 2.40. The smallest absolute Gasteiger partial charge is 0.143 e. The van der Waals surface area contributed by atoms with Gasteiger partial charge in [-0.1, -0.05) is 91.0 Å². The number of para-hydroxylation sites is 4. The second kappa shape index (κ2) is 8.73. The fourth-order valence-electron chi connectivity index (χ4n) is 6.05. The van der Waals surface area contributed by atoms with Crippen LogP contribution in [0.15, 0.2) is 138 Å². The number of furan rings is 1. The molecule has 0 atom stereocenters. The molecule has 0 fully saturated rings. The Labute approximate surface area is 230 Å². The Morgan fingerprint density at radius 2 is 1.25 bits per heavy atom. The highest BCUT2D eigenvalue weighted by atomic mass is 16.3. The second-order valence-electron chi connectivity index (χ2n) is 10.1. The molecule has 0 aliphatic rings. The zero-order chi connectivity index (χ0) is 26.6. The summed E-state index contributed by atoms with van der Waals surface area (Å²) in [5.41, 5.74) is 10.2. The van der Waals surface area contributed by atoms with Gasteiger partial charge in [0.05, 0.1) is 22.7 Å². The molecule has 0 aliphatic heterocycles. The summed E-state index contributed by atoms with van der Waals surface area (Å²) in [7, 11) is 0. The van der Waals surface area contributed by atoms with Crippen molar-refractivity contribution in [2.45, 2.75) is 0 Å². The Bertz CT molecular complexity index is 2280. The Morgan fingerprint density at radius 3 is 2.10 bits per heavy atom. The van der Waals surface area contributed by atoms with E-state index in [2.05, 4.69) is 126 Å². The maximum Gasteiger partial charge on any atom is 0.143 e. The summed E-state index contributed by atoms with van der Waals surface area (Å²) in [5, 5.41) is 13.9. The minimum atomic E-state index is 0.629. The van der Waals surface area contributed by atoms with E-state index in [4.69, 9.17) is 4.42 Å². The van der Waals surface area contributed by atoms with Gasteiger partial charge in [-0.15, -0.1) is 0 Å². The van der Waals surface area contributed by atoms with E-state index in [1.165, 1.54) is 27.4 Å². The predicted octanol–water partition coefficient (Wildman–Crippen LogP) is 9.89. The molecule has 8 rings (SSSR count). The van der Waals surface area contributed by atoms with E-state index in [1.54, 1.807) is 6.07 Å². The average molecular weight is 511 g/mol. The molecule has 2 aromatic heterocycles. The van der Waals surface area contributed by atoms with Gasteiger partial charge in [-0.25, -0.2) is 0 Å². The molecule has 0 spiro atoms. The number of fused-ring (bicyclic) bond motifs is 6. The number of benzene rings is 6. The minimum Gasteiger partial charge on any atom is -0.455 e. The second-order valence-corrected chi connectivity index (χ2v) is 10.1. The van der Waals surface area contributed by atoms with Crippen LogP contribution in [0.3, 0.4) is 0 Å². The van der Waals surface area contributed by atoms with Crippen LogP contribution in [0.4, 0.5) is 0 Å². The lowest BCUT2D eigenvalue weighted by Gasteiger charge is -2.12. The summed E-state index contributed by atoms with van der Waals surface area (Å²) in [6.07, 6.45) is 0. The van der Waals surface area contributed by atoms with Gasteiger partial charge in [0.2, 0.25) is 0 Å². The Morgan fingerprint density at radius 1 is 0.550 bits per heavy atom. The number of nitrogens with zero attached hydrogens (tertiary/aromatic N) is 2. The van der Waals surface area contributed by atoms with Crippen LogP contribution in [0.1, 0.15) is 5.56 Å². The SMILES string of the molecule is N#Cc1ccc2oc3c(-c4cccc(-c5cccc6c7ccccc7n(-c7ccccc7)c56)c4)cccc3c2c1. The molecular weight excluding hydrogens is 488 g/mol. The van der Waals surface area contributed by atoms with E-state index in [0.29, 0.717) is 5.56 Å². The average Bonchev–Trinajstić information content (AvgIpc) is 3.57. The molecule has 0 aliphatic carbocycles. The summed E-state index contributed by atoms with van der Waals surface area (Å²) < 4.78 is 8.73. The van der Waals surface area contributed by atoms with Gasteiger partial charge in [-0.2, -0.15) is 5.26 Å². The molecule has 2 heterocycles.